The van der Waals surface area contributed by atoms with Crippen molar-refractivity contribution in [1.82, 2.24) is 9.80 Å². The summed E-state index contributed by atoms with van der Waals surface area (Å²) in [6.07, 6.45) is 2.25. The van der Waals surface area contributed by atoms with Gasteiger partial charge in [-0.05, 0) is 48.3 Å². The number of rotatable bonds is 6. The van der Waals surface area contributed by atoms with Crippen LogP contribution in [0.15, 0.2) is 47.8 Å². The molecule has 2 saturated heterocycles. The van der Waals surface area contributed by atoms with E-state index in [9.17, 15) is 4.79 Å². The Bertz CT molecular complexity index is 741. The van der Waals surface area contributed by atoms with Crippen molar-refractivity contribution in [2.45, 2.75) is 26.3 Å². The Morgan fingerprint density at radius 3 is 2.57 bits per heavy atom. The van der Waals surface area contributed by atoms with Crippen LogP contribution in [0.25, 0.3) is 0 Å². The zero-order valence-corrected chi connectivity index (χ0v) is 17.4. The number of hydrogen-bond donors (Lipinski definition) is 0. The van der Waals surface area contributed by atoms with E-state index >= 15 is 0 Å². The Kier molecular flexibility index (Phi) is 6.33. The molecule has 1 amide bonds. The molecule has 2 aliphatic rings. The van der Waals surface area contributed by atoms with Crippen LogP contribution in [-0.4, -0.2) is 48.5 Å². The molecule has 0 bridgehead atoms. The van der Waals surface area contributed by atoms with Gasteiger partial charge in [-0.1, -0.05) is 24.3 Å². The highest BCUT2D eigenvalue weighted by Gasteiger charge is 2.39. The summed E-state index contributed by atoms with van der Waals surface area (Å²) in [5.41, 5.74) is 0. The van der Waals surface area contributed by atoms with Gasteiger partial charge in [-0.2, -0.15) is 0 Å². The molecule has 0 saturated carbocycles. The van der Waals surface area contributed by atoms with Gasteiger partial charge in [-0.15, -0.1) is 11.3 Å². The Hall–Kier alpha value is -1.85. The number of thiophene rings is 1. The zero-order chi connectivity index (χ0) is 19.3. The fourth-order valence-electron chi connectivity index (χ4n) is 4.81. The minimum atomic E-state index is 0.216. The molecule has 2 atom stereocenters. The first-order valence-corrected chi connectivity index (χ1v) is 11.2. The molecule has 150 valence electrons. The summed E-state index contributed by atoms with van der Waals surface area (Å²) in [6, 6.07) is 14.5. The van der Waals surface area contributed by atoms with Crippen LogP contribution >= 0.6 is 11.3 Å². The first kappa shape index (κ1) is 19.5. The second-order valence-electron chi connectivity index (χ2n) is 8.16. The van der Waals surface area contributed by atoms with Crippen LogP contribution in [0.2, 0.25) is 0 Å². The van der Waals surface area contributed by atoms with Crippen LogP contribution in [0.5, 0.6) is 5.75 Å². The number of carbonyl (C=O) groups excluding carboxylic acids is 1. The SMILES string of the molecule is CC(=O)N1CCC([C@@H]2CN(Cc3cccs3)C[C@H]2COc2ccccc2)CC1. The topological polar surface area (TPSA) is 32.8 Å². The third-order valence-corrected chi connectivity index (χ3v) is 7.19. The van der Waals surface area contributed by atoms with Crippen molar-refractivity contribution in [3.05, 3.63) is 52.7 Å². The molecule has 1 aromatic heterocycles. The number of amides is 1. The van der Waals surface area contributed by atoms with Gasteiger partial charge in [0, 0.05) is 50.4 Å². The Labute approximate surface area is 172 Å². The van der Waals surface area contributed by atoms with E-state index in [0.717, 1.165) is 57.9 Å². The van der Waals surface area contributed by atoms with E-state index in [0.29, 0.717) is 17.8 Å². The standard InChI is InChI=1S/C23H30N2O2S/c1-18(26)25-11-9-19(10-12-25)23-16-24(15-22-8-5-13-28-22)14-20(23)17-27-21-6-3-2-4-7-21/h2-8,13,19-20,23H,9-12,14-17H2,1H3/t20-,23-/m0/s1. The number of para-hydroxylation sites is 1. The lowest BCUT2D eigenvalue weighted by atomic mass is 9.78. The number of nitrogens with zero attached hydrogens (tertiary/aromatic N) is 2. The summed E-state index contributed by atoms with van der Waals surface area (Å²) in [6.45, 7) is 7.58. The maximum absolute atomic E-state index is 11.7. The summed E-state index contributed by atoms with van der Waals surface area (Å²) in [5, 5.41) is 2.16. The summed E-state index contributed by atoms with van der Waals surface area (Å²) < 4.78 is 6.17. The second-order valence-corrected chi connectivity index (χ2v) is 9.20. The molecule has 0 aliphatic carbocycles. The van der Waals surface area contributed by atoms with Gasteiger partial charge < -0.3 is 9.64 Å². The van der Waals surface area contributed by atoms with E-state index in [4.69, 9.17) is 4.74 Å². The maximum Gasteiger partial charge on any atom is 0.219 e. The number of piperidine rings is 1. The van der Waals surface area contributed by atoms with Crippen LogP contribution < -0.4 is 4.74 Å². The molecular formula is C23H30N2O2S. The van der Waals surface area contributed by atoms with Crippen LogP contribution in [0.4, 0.5) is 0 Å². The third-order valence-electron chi connectivity index (χ3n) is 6.32. The number of ether oxygens (including phenoxy) is 1. The molecule has 5 heteroatoms. The van der Waals surface area contributed by atoms with Crippen LogP contribution in [-0.2, 0) is 11.3 Å². The molecule has 28 heavy (non-hydrogen) atoms. The highest BCUT2D eigenvalue weighted by Crippen LogP contribution is 2.37. The quantitative estimate of drug-likeness (QED) is 0.733. The van der Waals surface area contributed by atoms with Crippen molar-refractivity contribution in [2.24, 2.45) is 17.8 Å². The van der Waals surface area contributed by atoms with Gasteiger partial charge >= 0.3 is 0 Å². The lowest BCUT2D eigenvalue weighted by molar-refractivity contribution is -0.130. The number of benzene rings is 1. The van der Waals surface area contributed by atoms with Gasteiger partial charge in [0.05, 0.1) is 6.61 Å². The summed E-state index contributed by atoms with van der Waals surface area (Å²) in [5.74, 6) is 3.07. The Morgan fingerprint density at radius 2 is 1.89 bits per heavy atom. The van der Waals surface area contributed by atoms with Gasteiger partial charge in [0.1, 0.15) is 5.75 Å². The molecule has 3 heterocycles. The Morgan fingerprint density at radius 1 is 1.11 bits per heavy atom. The molecule has 0 unspecified atom stereocenters. The minimum absolute atomic E-state index is 0.216. The van der Waals surface area contributed by atoms with Crippen molar-refractivity contribution in [3.8, 4) is 5.75 Å². The predicted octanol–water partition coefficient (Wildman–Crippen LogP) is 4.13. The van der Waals surface area contributed by atoms with Crippen LogP contribution in [0.3, 0.4) is 0 Å². The first-order valence-electron chi connectivity index (χ1n) is 10.4. The zero-order valence-electron chi connectivity index (χ0n) is 16.6. The van der Waals surface area contributed by atoms with Gasteiger partial charge in [0.25, 0.3) is 0 Å². The normalized spacial score (nSPS) is 23.8. The molecule has 0 N–H and O–H groups in total. The molecule has 0 spiro atoms. The highest BCUT2D eigenvalue weighted by molar-refractivity contribution is 7.09. The smallest absolute Gasteiger partial charge is 0.219 e. The van der Waals surface area contributed by atoms with Crippen molar-refractivity contribution in [1.29, 1.82) is 0 Å². The average molecular weight is 399 g/mol. The van der Waals surface area contributed by atoms with Gasteiger partial charge in [-0.25, -0.2) is 0 Å². The van der Waals surface area contributed by atoms with Crippen LogP contribution in [0.1, 0.15) is 24.6 Å². The van der Waals surface area contributed by atoms with Gasteiger partial charge in [0.15, 0.2) is 0 Å². The second kappa shape index (κ2) is 9.10. The lowest BCUT2D eigenvalue weighted by Crippen LogP contribution is -2.40. The molecule has 4 rings (SSSR count). The Balaban J connectivity index is 1.40. The van der Waals surface area contributed by atoms with Gasteiger partial charge in [-0.3, -0.25) is 9.69 Å². The van der Waals surface area contributed by atoms with Crippen molar-refractivity contribution in [3.63, 3.8) is 0 Å². The lowest BCUT2D eigenvalue weighted by Gasteiger charge is -2.36. The molecule has 4 nitrogen and oxygen atoms in total. The number of hydrogen-bond acceptors (Lipinski definition) is 4. The fraction of sp³-hybridized carbons (Fsp3) is 0.522. The molecule has 1 aromatic carbocycles. The number of carbonyl (C=O) groups is 1. The molecule has 2 aromatic rings. The highest BCUT2D eigenvalue weighted by atomic mass is 32.1. The van der Waals surface area contributed by atoms with E-state index in [1.54, 1.807) is 6.92 Å². The monoisotopic (exact) mass is 398 g/mol. The molecule has 2 aliphatic heterocycles. The number of likely N-dealkylation sites (tertiary alicyclic amines) is 2. The first-order chi connectivity index (χ1) is 13.7. The van der Waals surface area contributed by atoms with Crippen molar-refractivity contribution < 1.29 is 9.53 Å². The largest absolute Gasteiger partial charge is 0.493 e. The van der Waals surface area contributed by atoms with E-state index in [-0.39, 0.29) is 5.91 Å². The van der Waals surface area contributed by atoms with Crippen LogP contribution in [0, 0.1) is 17.8 Å². The van der Waals surface area contributed by atoms with Crippen molar-refractivity contribution in [2.75, 3.05) is 32.8 Å². The maximum atomic E-state index is 11.7. The fourth-order valence-corrected chi connectivity index (χ4v) is 5.56. The van der Waals surface area contributed by atoms with E-state index in [2.05, 4.69) is 22.4 Å². The summed E-state index contributed by atoms with van der Waals surface area (Å²) in [4.78, 5) is 17.7. The molecular weight excluding hydrogens is 368 g/mol. The van der Waals surface area contributed by atoms with E-state index in [1.165, 1.54) is 4.88 Å². The van der Waals surface area contributed by atoms with Crippen molar-refractivity contribution >= 4 is 17.2 Å². The third kappa shape index (κ3) is 4.76. The molecule has 2 fully saturated rings. The van der Waals surface area contributed by atoms with Gasteiger partial charge in [0.2, 0.25) is 5.91 Å². The van der Waals surface area contributed by atoms with E-state index < -0.39 is 0 Å². The molecule has 0 radical (unpaired) electrons. The predicted molar refractivity (Wildman–Crippen MR) is 113 cm³/mol. The average Bonchev–Trinajstić information content (AvgIpc) is 3.37. The minimum Gasteiger partial charge on any atom is -0.493 e. The summed E-state index contributed by atoms with van der Waals surface area (Å²) >= 11 is 1.84. The summed E-state index contributed by atoms with van der Waals surface area (Å²) in [7, 11) is 0. The van der Waals surface area contributed by atoms with E-state index in [1.807, 2.05) is 46.6 Å².